The fourth-order valence-electron chi connectivity index (χ4n) is 3.98. The van der Waals surface area contributed by atoms with Crippen LogP contribution in [-0.2, 0) is 9.84 Å². The quantitative estimate of drug-likeness (QED) is 0.649. The van der Waals surface area contributed by atoms with E-state index in [1.807, 2.05) is 0 Å². The largest absolute Gasteiger partial charge is 0.476 e. The van der Waals surface area contributed by atoms with Gasteiger partial charge in [0, 0.05) is 18.9 Å². The number of halogens is 2. The van der Waals surface area contributed by atoms with E-state index in [1.54, 1.807) is 29.7 Å². The fourth-order valence-corrected chi connectivity index (χ4v) is 5.51. The summed E-state index contributed by atoms with van der Waals surface area (Å²) in [7, 11) is -4.01. The molecule has 0 saturated heterocycles. The lowest BCUT2D eigenvalue weighted by Crippen LogP contribution is -2.27. The molecule has 2 N–H and O–H groups in total. The Kier molecular flexibility index (Phi) is 5.13. The van der Waals surface area contributed by atoms with Crippen molar-refractivity contribution in [1.29, 1.82) is 0 Å². The topological polar surface area (TPSA) is 100 Å². The zero-order valence-corrected chi connectivity index (χ0v) is 17.2. The number of nitrogens with two attached hydrogens (primary N) is 1. The number of hydrogen-bond donors (Lipinski definition) is 1. The fraction of sp³-hybridized carbons (Fsp3) is 0.400. The zero-order chi connectivity index (χ0) is 21.5. The van der Waals surface area contributed by atoms with E-state index in [0.29, 0.717) is 12.1 Å². The lowest BCUT2D eigenvalue weighted by Gasteiger charge is -2.30. The Labute approximate surface area is 172 Å². The first-order chi connectivity index (χ1) is 14.3. The van der Waals surface area contributed by atoms with E-state index in [1.165, 1.54) is 18.5 Å². The van der Waals surface area contributed by atoms with Crippen molar-refractivity contribution < 1.29 is 21.9 Å². The number of fused-ring (bicyclic) bond motifs is 1. The van der Waals surface area contributed by atoms with Gasteiger partial charge in [0.15, 0.2) is 0 Å². The van der Waals surface area contributed by atoms with Gasteiger partial charge in [-0.15, -0.1) is 0 Å². The number of nitrogens with zero attached hydrogens (tertiary/aromatic N) is 3. The van der Waals surface area contributed by atoms with Crippen LogP contribution in [-0.4, -0.2) is 35.5 Å². The van der Waals surface area contributed by atoms with Gasteiger partial charge in [-0.05, 0) is 31.9 Å². The van der Waals surface area contributed by atoms with Gasteiger partial charge in [-0.2, -0.15) is 4.98 Å². The Balaban J connectivity index is 1.97. The van der Waals surface area contributed by atoms with Crippen LogP contribution in [0.2, 0.25) is 0 Å². The molecular weight excluding hydrogens is 414 g/mol. The Morgan fingerprint density at radius 1 is 1.20 bits per heavy atom. The maximum absolute atomic E-state index is 13.7. The van der Waals surface area contributed by atoms with Crippen LogP contribution in [0.25, 0.3) is 11.0 Å². The molecule has 1 saturated carbocycles. The van der Waals surface area contributed by atoms with Crippen LogP contribution in [0.4, 0.5) is 14.6 Å². The molecule has 4 rings (SSSR count). The van der Waals surface area contributed by atoms with Gasteiger partial charge in [0.2, 0.25) is 21.6 Å². The molecular formula is C20H22F2N4O3S. The normalized spacial score (nSPS) is 17.3. The van der Waals surface area contributed by atoms with Gasteiger partial charge < -0.3 is 15.0 Å². The highest BCUT2D eigenvalue weighted by atomic mass is 32.2. The lowest BCUT2D eigenvalue weighted by atomic mass is 9.92. The maximum Gasteiger partial charge on any atom is 0.248 e. The molecule has 160 valence electrons. The molecule has 1 aromatic carbocycles. The summed E-state index contributed by atoms with van der Waals surface area (Å²) >= 11 is 0. The van der Waals surface area contributed by atoms with Crippen molar-refractivity contribution in [1.82, 2.24) is 14.5 Å². The minimum atomic E-state index is -4.01. The molecule has 0 unspecified atom stereocenters. The number of sulfone groups is 1. The summed E-state index contributed by atoms with van der Waals surface area (Å²) in [5.41, 5.74) is 6.83. The Bertz CT molecular complexity index is 1170. The molecule has 10 heteroatoms. The highest BCUT2D eigenvalue weighted by Crippen LogP contribution is 2.45. The molecule has 30 heavy (non-hydrogen) atoms. The van der Waals surface area contributed by atoms with E-state index >= 15 is 0 Å². The third-order valence-corrected chi connectivity index (χ3v) is 7.22. The molecule has 2 heterocycles. The summed E-state index contributed by atoms with van der Waals surface area (Å²) in [5.74, 6) is -2.58. The summed E-state index contributed by atoms with van der Waals surface area (Å²) in [4.78, 5) is 8.26. The Morgan fingerprint density at radius 2 is 1.87 bits per heavy atom. The van der Waals surface area contributed by atoms with Crippen LogP contribution in [0.1, 0.15) is 38.6 Å². The first-order valence-corrected chi connectivity index (χ1v) is 11.2. The van der Waals surface area contributed by atoms with Crippen LogP contribution in [0.5, 0.6) is 5.88 Å². The van der Waals surface area contributed by atoms with Crippen LogP contribution in [0.15, 0.2) is 46.5 Å². The second-order valence-corrected chi connectivity index (χ2v) is 9.18. The highest BCUT2D eigenvalue weighted by molar-refractivity contribution is 7.92. The van der Waals surface area contributed by atoms with E-state index in [-0.39, 0.29) is 52.7 Å². The number of aromatic nitrogens is 3. The third-order valence-electron chi connectivity index (χ3n) is 5.39. The molecule has 7 nitrogen and oxygen atoms in total. The lowest BCUT2D eigenvalue weighted by molar-refractivity contribution is -0.0434. The van der Waals surface area contributed by atoms with Crippen LogP contribution in [0, 0.1) is 0 Å². The van der Waals surface area contributed by atoms with Gasteiger partial charge in [0.05, 0.1) is 11.5 Å². The number of nitrogen functional groups attached to an aromatic ring is 1. The summed E-state index contributed by atoms with van der Waals surface area (Å²) < 4.78 is 61.5. The second-order valence-electron chi connectivity index (χ2n) is 7.30. The minimum Gasteiger partial charge on any atom is -0.476 e. The molecule has 0 amide bonds. The molecule has 0 radical (unpaired) electrons. The Morgan fingerprint density at radius 3 is 2.50 bits per heavy atom. The highest BCUT2D eigenvalue weighted by Gasteiger charge is 2.39. The Hall–Kier alpha value is -2.75. The van der Waals surface area contributed by atoms with E-state index in [0.717, 1.165) is 0 Å². The zero-order valence-electron chi connectivity index (χ0n) is 16.4. The minimum absolute atomic E-state index is 0.0366. The monoisotopic (exact) mass is 436 g/mol. The predicted molar refractivity (Wildman–Crippen MR) is 107 cm³/mol. The van der Waals surface area contributed by atoms with E-state index in [4.69, 9.17) is 10.5 Å². The SMILES string of the molecule is CCOc1ncnc2c(S(=O)(=O)c3ccccc3)c(N)n(C3CCC(F)(F)CC3)c12. The van der Waals surface area contributed by atoms with Crippen molar-refractivity contribution in [2.24, 2.45) is 0 Å². The summed E-state index contributed by atoms with van der Waals surface area (Å²) in [6, 6.07) is 7.49. The van der Waals surface area contributed by atoms with Gasteiger partial charge in [-0.1, -0.05) is 18.2 Å². The van der Waals surface area contributed by atoms with Crippen molar-refractivity contribution in [3.05, 3.63) is 36.7 Å². The van der Waals surface area contributed by atoms with E-state index in [9.17, 15) is 17.2 Å². The molecule has 3 aromatic rings. The number of anilines is 1. The molecule has 0 atom stereocenters. The first kappa shape index (κ1) is 20.5. The third kappa shape index (κ3) is 3.38. The van der Waals surface area contributed by atoms with Crippen molar-refractivity contribution in [2.45, 2.75) is 54.4 Å². The van der Waals surface area contributed by atoms with Gasteiger partial charge in [0.25, 0.3) is 0 Å². The summed E-state index contributed by atoms with van der Waals surface area (Å²) in [6.45, 7) is 2.06. The number of ether oxygens (including phenoxy) is 1. The van der Waals surface area contributed by atoms with Crippen LogP contribution in [0.3, 0.4) is 0 Å². The molecule has 0 spiro atoms. The average molecular weight is 436 g/mol. The van der Waals surface area contributed by atoms with Gasteiger partial charge in [-0.25, -0.2) is 22.2 Å². The molecule has 0 bridgehead atoms. The molecule has 2 aromatic heterocycles. The standard InChI is InChI=1S/C20H22F2N4O3S/c1-2-29-19-16-15(24-12-25-19)17(30(27,28)14-6-4-3-5-7-14)18(23)26(16)13-8-10-20(21,22)11-9-13/h3-7,12-13H,2,8-11,23H2,1H3. The van der Waals surface area contributed by atoms with Crippen molar-refractivity contribution in [2.75, 3.05) is 12.3 Å². The van der Waals surface area contributed by atoms with Gasteiger partial charge in [-0.3, -0.25) is 0 Å². The van der Waals surface area contributed by atoms with Gasteiger partial charge >= 0.3 is 0 Å². The van der Waals surface area contributed by atoms with Crippen molar-refractivity contribution in [3.8, 4) is 5.88 Å². The average Bonchev–Trinajstić information content (AvgIpc) is 3.02. The van der Waals surface area contributed by atoms with E-state index in [2.05, 4.69) is 9.97 Å². The number of hydrogen-bond acceptors (Lipinski definition) is 6. The number of alkyl halides is 2. The number of benzene rings is 1. The molecule has 0 aliphatic heterocycles. The summed E-state index contributed by atoms with van der Waals surface area (Å²) in [5, 5.41) is 0. The van der Waals surface area contributed by atoms with Crippen molar-refractivity contribution in [3.63, 3.8) is 0 Å². The van der Waals surface area contributed by atoms with E-state index < -0.39 is 21.8 Å². The molecule has 1 aliphatic rings. The second kappa shape index (κ2) is 7.50. The number of rotatable bonds is 5. The first-order valence-electron chi connectivity index (χ1n) is 9.71. The predicted octanol–water partition coefficient (Wildman–Crippen LogP) is 4.00. The summed E-state index contributed by atoms with van der Waals surface area (Å²) in [6.07, 6.45) is 0.944. The maximum atomic E-state index is 13.7. The van der Waals surface area contributed by atoms with Gasteiger partial charge in [0.1, 0.15) is 28.1 Å². The van der Waals surface area contributed by atoms with Crippen LogP contribution < -0.4 is 10.5 Å². The smallest absolute Gasteiger partial charge is 0.248 e. The molecule has 1 aliphatic carbocycles. The van der Waals surface area contributed by atoms with Crippen molar-refractivity contribution >= 4 is 26.7 Å². The molecule has 1 fully saturated rings. The van der Waals surface area contributed by atoms with Crippen LogP contribution >= 0.6 is 0 Å².